The Morgan fingerprint density at radius 1 is 0.889 bits per heavy atom. The van der Waals surface area contributed by atoms with Gasteiger partial charge >= 0.3 is 0 Å². The zero-order valence-electron chi connectivity index (χ0n) is 5.72. The first-order valence-corrected chi connectivity index (χ1v) is 3.32. The Labute approximate surface area is 59.3 Å². The minimum Gasteiger partial charge on any atom is -0.0842 e. The second kappa shape index (κ2) is 10.5. The monoisotopic (exact) mass is 126 g/mol. The topological polar surface area (TPSA) is 0 Å². The van der Waals surface area contributed by atoms with Crippen LogP contribution in [-0.2, 0) is 0 Å². The third-order valence-corrected chi connectivity index (χ3v) is 0.883. The molecule has 54 valence electrons. The maximum absolute atomic E-state index is 2.18. The van der Waals surface area contributed by atoms with Gasteiger partial charge in [-0.1, -0.05) is 45.6 Å². The van der Waals surface area contributed by atoms with E-state index in [1.165, 1.54) is 12.8 Å². The Balaban J connectivity index is 0. The van der Waals surface area contributed by atoms with Crippen molar-refractivity contribution in [3.63, 3.8) is 0 Å². The first kappa shape index (κ1) is 11.3. The maximum Gasteiger partial charge on any atom is -0.0313 e. The molecule has 0 bridgehead atoms. The first-order valence-electron chi connectivity index (χ1n) is 3.32. The van der Waals surface area contributed by atoms with Crippen LogP contribution in [0.1, 0.15) is 34.1 Å². The predicted octanol–water partition coefficient (Wildman–Crippen LogP) is 3.55. The van der Waals surface area contributed by atoms with Gasteiger partial charge in [0.1, 0.15) is 0 Å². The van der Waals surface area contributed by atoms with Gasteiger partial charge in [0.2, 0.25) is 0 Å². The Hall–Kier alpha value is -0.520. The summed E-state index contributed by atoms with van der Waals surface area (Å²) in [6, 6.07) is 0. The van der Waals surface area contributed by atoms with E-state index in [0.29, 0.717) is 0 Å². The normalized spacial score (nSPS) is 13.1. The van der Waals surface area contributed by atoms with E-state index in [1.807, 2.05) is 13.8 Å². The van der Waals surface area contributed by atoms with Crippen molar-refractivity contribution in [1.82, 2.24) is 0 Å². The fourth-order valence-corrected chi connectivity index (χ4v) is 0.542. The summed E-state index contributed by atoms with van der Waals surface area (Å²) in [6.07, 6.45) is 11.0. The van der Waals surface area contributed by atoms with Gasteiger partial charge in [-0.2, -0.15) is 0 Å². The molecule has 0 aromatic rings. The lowest BCUT2D eigenvalue weighted by Gasteiger charge is -1.88. The molecule has 0 spiro atoms. The van der Waals surface area contributed by atoms with Crippen molar-refractivity contribution in [2.24, 2.45) is 0 Å². The van der Waals surface area contributed by atoms with E-state index in [-0.39, 0.29) is 7.43 Å². The molecule has 0 radical (unpaired) electrons. The van der Waals surface area contributed by atoms with Crippen molar-refractivity contribution in [2.45, 2.75) is 34.1 Å². The number of allylic oxidation sites excluding steroid dienone is 4. The smallest absolute Gasteiger partial charge is 0.0313 e. The lowest BCUT2D eigenvalue weighted by atomic mass is 10.2. The molecule has 0 aromatic carbocycles. The average molecular weight is 126 g/mol. The van der Waals surface area contributed by atoms with E-state index in [0.717, 1.165) is 0 Å². The summed E-state index contributed by atoms with van der Waals surface area (Å²) in [5.74, 6) is 0. The van der Waals surface area contributed by atoms with Gasteiger partial charge in [0.15, 0.2) is 0 Å². The summed E-state index contributed by atoms with van der Waals surface area (Å²) in [4.78, 5) is 0. The summed E-state index contributed by atoms with van der Waals surface area (Å²) in [5.41, 5.74) is 0. The van der Waals surface area contributed by atoms with E-state index in [2.05, 4.69) is 24.3 Å². The molecule has 9 heavy (non-hydrogen) atoms. The highest BCUT2D eigenvalue weighted by atomic mass is 13.8. The maximum atomic E-state index is 2.18. The Morgan fingerprint density at radius 3 is 1.33 bits per heavy atom. The Morgan fingerprint density at radius 2 is 1.22 bits per heavy atom. The SMILES string of the molecule is C.C1=CCCC=C1.CC. The molecule has 0 heterocycles. The molecule has 0 saturated heterocycles. The van der Waals surface area contributed by atoms with Gasteiger partial charge in [-0.3, -0.25) is 0 Å². The van der Waals surface area contributed by atoms with E-state index >= 15 is 0 Å². The van der Waals surface area contributed by atoms with Crippen LogP contribution in [0.25, 0.3) is 0 Å². The molecule has 0 heteroatoms. The first-order chi connectivity index (χ1) is 4.00. The molecular weight excluding hydrogens is 108 g/mol. The van der Waals surface area contributed by atoms with Crippen molar-refractivity contribution in [3.8, 4) is 0 Å². The molecule has 0 unspecified atom stereocenters. The van der Waals surface area contributed by atoms with Crippen LogP contribution in [0.2, 0.25) is 0 Å². The average Bonchev–Trinajstić information content (AvgIpc) is 1.96. The highest BCUT2D eigenvalue weighted by Crippen LogP contribution is 1.98. The third kappa shape index (κ3) is 7.48. The minimum atomic E-state index is 0. The van der Waals surface area contributed by atoms with Crippen LogP contribution in [-0.4, -0.2) is 0 Å². The van der Waals surface area contributed by atoms with E-state index in [9.17, 15) is 0 Å². The van der Waals surface area contributed by atoms with Gasteiger partial charge in [-0.05, 0) is 12.8 Å². The fraction of sp³-hybridized carbons (Fsp3) is 0.556. The summed E-state index contributed by atoms with van der Waals surface area (Å²) >= 11 is 0. The van der Waals surface area contributed by atoms with Crippen LogP contribution in [0, 0.1) is 0 Å². The second-order valence-corrected chi connectivity index (χ2v) is 1.43. The molecule has 0 nitrogen and oxygen atoms in total. The Kier molecular flexibility index (Phi) is 13.1. The summed E-state index contributed by atoms with van der Waals surface area (Å²) in [7, 11) is 0. The lowest BCUT2D eigenvalue weighted by molar-refractivity contribution is 1.04. The van der Waals surface area contributed by atoms with Crippen molar-refractivity contribution >= 4 is 0 Å². The summed E-state index contributed by atoms with van der Waals surface area (Å²) in [5, 5.41) is 0. The molecule has 0 amide bonds. The molecule has 0 aromatic heterocycles. The van der Waals surface area contributed by atoms with Crippen LogP contribution >= 0.6 is 0 Å². The standard InChI is InChI=1S/C6H8.C2H6.CH4/c1-2-4-6-5-3-1;1-2;/h1-4H,5-6H2;1-2H3;1H4. The molecular formula is C9H18. The van der Waals surface area contributed by atoms with Crippen LogP contribution in [0.15, 0.2) is 24.3 Å². The zero-order chi connectivity index (χ0) is 6.24. The fourth-order valence-electron chi connectivity index (χ4n) is 0.542. The van der Waals surface area contributed by atoms with Gasteiger partial charge in [0.05, 0.1) is 0 Å². The quantitative estimate of drug-likeness (QED) is 0.465. The molecule has 0 atom stereocenters. The molecule has 1 aliphatic carbocycles. The van der Waals surface area contributed by atoms with Crippen molar-refractivity contribution in [3.05, 3.63) is 24.3 Å². The van der Waals surface area contributed by atoms with Gasteiger partial charge < -0.3 is 0 Å². The van der Waals surface area contributed by atoms with Crippen molar-refractivity contribution in [1.29, 1.82) is 0 Å². The van der Waals surface area contributed by atoms with Crippen LogP contribution < -0.4 is 0 Å². The molecule has 1 rings (SSSR count). The largest absolute Gasteiger partial charge is 0.0842 e. The minimum absolute atomic E-state index is 0. The van der Waals surface area contributed by atoms with Crippen LogP contribution in [0.5, 0.6) is 0 Å². The summed E-state index contributed by atoms with van der Waals surface area (Å²) < 4.78 is 0. The molecule has 0 aliphatic heterocycles. The number of rotatable bonds is 0. The number of hydrogen-bond acceptors (Lipinski definition) is 0. The highest BCUT2D eigenvalue weighted by molar-refractivity contribution is 5.07. The van der Waals surface area contributed by atoms with E-state index in [1.54, 1.807) is 0 Å². The Bertz CT molecular complexity index is 66.0. The highest BCUT2D eigenvalue weighted by Gasteiger charge is 1.77. The van der Waals surface area contributed by atoms with E-state index in [4.69, 9.17) is 0 Å². The second-order valence-electron chi connectivity index (χ2n) is 1.43. The van der Waals surface area contributed by atoms with Crippen molar-refractivity contribution in [2.75, 3.05) is 0 Å². The molecule has 1 aliphatic rings. The van der Waals surface area contributed by atoms with Crippen molar-refractivity contribution < 1.29 is 0 Å². The molecule has 0 N–H and O–H groups in total. The zero-order valence-corrected chi connectivity index (χ0v) is 5.72. The number of hydrogen-bond donors (Lipinski definition) is 0. The van der Waals surface area contributed by atoms with Crippen LogP contribution in [0.3, 0.4) is 0 Å². The molecule has 0 fully saturated rings. The lowest BCUT2D eigenvalue weighted by Crippen LogP contribution is -1.67. The predicted molar refractivity (Wildman–Crippen MR) is 45.6 cm³/mol. The van der Waals surface area contributed by atoms with E-state index < -0.39 is 0 Å². The van der Waals surface area contributed by atoms with Crippen LogP contribution in [0.4, 0.5) is 0 Å². The summed E-state index contributed by atoms with van der Waals surface area (Å²) in [6.45, 7) is 4.00. The van der Waals surface area contributed by atoms with Gasteiger partial charge in [0.25, 0.3) is 0 Å². The van der Waals surface area contributed by atoms with Gasteiger partial charge in [0, 0.05) is 0 Å². The third-order valence-electron chi connectivity index (χ3n) is 0.883. The van der Waals surface area contributed by atoms with Gasteiger partial charge in [-0.15, -0.1) is 0 Å². The van der Waals surface area contributed by atoms with Gasteiger partial charge in [-0.25, -0.2) is 0 Å². The molecule has 0 saturated carbocycles.